The molecule has 2 aromatic heterocycles. The molecule has 2 aromatic carbocycles. The molecule has 0 fully saturated rings. The third-order valence-corrected chi connectivity index (χ3v) is 6.36. The fourth-order valence-corrected chi connectivity index (χ4v) is 4.67. The van der Waals surface area contributed by atoms with E-state index in [2.05, 4.69) is 5.10 Å². The molecule has 2 heterocycles. The van der Waals surface area contributed by atoms with Gasteiger partial charge >= 0.3 is 5.97 Å². The van der Waals surface area contributed by atoms with E-state index in [0.29, 0.717) is 15.2 Å². The molecule has 9 heteroatoms. The summed E-state index contributed by atoms with van der Waals surface area (Å²) in [5.74, 6) is -2.21. The summed E-state index contributed by atoms with van der Waals surface area (Å²) in [5, 5.41) is 13.7. The van der Waals surface area contributed by atoms with E-state index in [-0.39, 0.29) is 15.8 Å². The average Bonchev–Trinajstić information content (AvgIpc) is 3.26. The first-order chi connectivity index (χ1) is 13.7. The summed E-state index contributed by atoms with van der Waals surface area (Å²) in [4.78, 5) is 11.7. The number of fused-ring (bicyclic) bond motifs is 1. The van der Waals surface area contributed by atoms with E-state index in [0.717, 1.165) is 11.6 Å². The molecule has 4 rings (SSSR count). The molecule has 1 N–H and O–H groups in total. The molecule has 0 amide bonds. The molecule has 0 atom stereocenters. The quantitative estimate of drug-likeness (QED) is 0.553. The summed E-state index contributed by atoms with van der Waals surface area (Å²) in [6, 6.07) is 11.3. The van der Waals surface area contributed by atoms with Crippen molar-refractivity contribution in [2.45, 2.75) is 11.8 Å². The van der Waals surface area contributed by atoms with E-state index in [1.165, 1.54) is 28.9 Å². The van der Waals surface area contributed by atoms with Crippen molar-refractivity contribution in [3.63, 3.8) is 0 Å². The van der Waals surface area contributed by atoms with Gasteiger partial charge in [-0.2, -0.15) is 5.10 Å². The van der Waals surface area contributed by atoms with E-state index in [1.54, 1.807) is 38.4 Å². The highest BCUT2D eigenvalue weighted by Crippen LogP contribution is 2.31. The van der Waals surface area contributed by atoms with E-state index in [1.807, 2.05) is 0 Å². The molecular weight excluding hydrogens is 397 g/mol. The average molecular weight is 413 g/mol. The molecule has 4 aromatic rings. The number of halogens is 1. The third-order valence-electron chi connectivity index (χ3n) is 4.61. The van der Waals surface area contributed by atoms with Crippen LogP contribution in [-0.2, 0) is 17.1 Å². The maximum Gasteiger partial charge on any atom is 0.353 e. The molecule has 0 aliphatic rings. The van der Waals surface area contributed by atoms with Gasteiger partial charge in [0, 0.05) is 24.2 Å². The summed E-state index contributed by atoms with van der Waals surface area (Å²) < 4.78 is 43.5. The lowest BCUT2D eigenvalue weighted by Crippen LogP contribution is -2.18. The van der Waals surface area contributed by atoms with Crippen LogP contribution in [0.4, 0.5) is 4.39 Å². The van der Waals surface area contributed by atoms with Gasteiger partial charge in [-0.15, -0.1) is 0 Å². The van der Waals surface area contributed by atoms with E-state index in [9.17, 15) is 22.7 Å². The molecule has 0 radical (unpaired) electrons. The molecule has 0 saturated carbocycles. The second-order valence-electron chi connectivity index (χ2n) is 6.68. The number of hydrogen-bond acceptors (Lipinski definition) is 4. The number of carboxylic acids is 1. The first-order valence-corrected chi connectivity index (χ1v) is 10.0. The summed E-state index contributed by atoms with van der Waals surface area (Å²) in [5.41, 5.74) is 1.01. The second-order valence-corrected chi connectivity index (χ2v) is 8.47. The van der Waals surface area contributed by atoms with Crippen LogP contribution in [0.5, 0.6) is 0 Å². The van der Waals surface area contributed by atoms with Crippen molar-refractivity contribution < 1.29 is 22.7 Å². The standard InChI is InChI=1S/C20H16FN3O4S/c1-12-3-5-14(6-4-12)29(27,28)24-18-10-13(17-7-8-23(2)22-17)9-16(21)15(18)11-19(24)20(25)26/h3-11H,1-2H3,(H,25,26). The van der Waals surface area contributed by atoms with Crippen LogP contribution in [0.2, 0.25) is 0 Å². The fourth-order valence-electron chi connectivity index (χ4n) is 3.18. The number of aryl methyl sites for hydroxylation is 2. The van der Waals surface area contributed by atoms with Gasteiger partial charge in [-0.05, 0) is 43.3 Å². The van der Waals surface area contributed by atoms with Gasteiger partial charge in [-0.25, -0.2) is 21.6 Å². The Bertz CT molecular complexity index is 1370. The van der Waals surface area contributed by atoms with Crippen molar-refractivity contribution in [2.24, 2.45) is 7.05 Å². The van der Waals surface area contributed by atoms with Crippen molar-refractivity contribution in [2.75, 3.05) is 0 Å². The normalized spacial score (nSPS) is 11.8. The highest BCUT2D eigenvalue weighted by atomic mass is 32.2. The number of aromatic carboxylic acids is 1. The molecule has 7 nitrogen and oxygen atoms in total. The number of benzene rings is 2. The lowest BCUT2D eigenvalue weighted by atomic mass is 10.1. The zero-order chi connectivity index (χ0) is 20.9. The highest BCUT2D eigenvalue weighted by molar-refractivity contribution is 7.90. The molecule has 0 saturated heterocycles. The maximum atomic E-state index is 14.8. The van der Waals surface area contributed by atoms with Gasteiger partial charge in [-0.1, -0.05) is 17.7 Å². The zero-order valence-corrected chi connectivity index (χ0v) is 16.3. The van der Waals surface area contributed by atoms with Crippen LogP contribution in [-0.4, -0.2) is 33.2 Å². The Morgan fingerprint density at radius 2 is 1.79 bits per heavy atom. The Morgan fingerprint density at radius 1 is 1.10 bits per heavy atom. The minimum absolute atomic E-state index is 0.0661. The van der Waals surface area contributed by atoms with Crippen molar-refractivity contribution in [3.05, 3.63) is 71.8 Å². The number of aromatic nitrogens is 3. The minimum atomic E-state index is -4.28. The van der Waals surface area contributed by atoms with Crippen molar-refractivity contribution >= 4 is 26.9 Å². The highest BCUT2D eigenvalue weighted by Gasteiger charge is 2.28. The van der Waals surface area contributed by atoms with Gasteiger partial charge in [0.1, 0.15) is 11.5 Å². The monoisotopic (exact) mass is 413 g/mol. The fraction of sp³-hybridized carbons (Fsp3) is 0.100. The second kappa shape index (κ2) is 6.56. The molecular formula is C20H16FN3O4S. The first-order valence-electron chi connectivity index (χ1n) is 8.59. The first kappa shape index (κ1) is 18.9. The van der Waals surface area contributed by atoms with Crippen molar-refractivity contribution in [1.82, 2.24) is 13.8 Å². The predicted molar refractivity (Wildman–Crippen MR) is 105 cm³/mol. The number of rotatable bonds is 4. The number of carbonyl (C=O) groups is 1. The van der Waals surface area contributed by atoms with Crippen LogP contribution in [0.1, 0.15) is 16.1 Å². The Balaban J connectivity index is 2.05. The predicted octanol–water partition coefficient (Wildman–Crippen LogP) is 3.42. The molecule has 0 unspecified atom stereocenters. The van der Waals surface area contributed by atoms with Gasteiger partial charge in [0.05, 0.1) is 16.1 Å². The molecule has 148 valence electrons. The summed E-state index contributed by atoms with van der Waals surface area (Å²) in [7, 11) is -2.58. The lowest BCUT2D eigenvalue weighted by Gasteiger charge is -2.11. The molecule has 29 heavy (non-hydrogen) atoms. The lowest BCUT2D eigenvalue weighted by molar-refractivity contribution is 0.0689. The van der Waals surface area contributed by atoms with Crippen LogP contribution in [0.15, 0.2) is 59.6 Å². The summed E-state index contributed by atoms with van der Waals surface area (Å²) in [6.45, 7) is 1.80. The summed E-state index contributed by atoms with van der Waals surface area (Å²) >= 11 is 0. The number of carboxylic acid groups (broad SMARTS) is 1. The summed E-state index contributed by atoms with van der Waals surface area (Å²) in [6.07, 6.45) is 1.67. The molecule has 0 aliphatic heterocycles. The topological polar surface area (TPSA) is 94.2 Å². The van der Waals surface area contributed by atoms with Crippen LogP contribution >= 0.6 is 0 Å². The Morgan fingerprint density at radius 3 is 2.38 bits per heavy atom. The Labute approximate surface area is 165 Å². The molecule has 0 bridgehead atoms. The smallest absolute Gasteiger partial charge is 0.353 e. The van der Waals surface area contributed by atoms with Gasteiger partial charge < -0.3 is 5.11 Å². The zero-order valence-electron chi connectivity index (χ0n) is 15.5. The largest absolute Gasteiger partial charge is 0.477 e. The van der Waals surface area contributed by atoms with Crippen LogP contribution in [0.25, 0.3) is 22.2 Å². The molecule has 0 aliphatic carbocycles. The van der Waals surface area contributed by atoms with E-state index < -0.39 is 27.5 Å². The third kappa shape index (κ3) is 3.09. The van der Waals surface area contributed by atoms with Crippen LogP contribution in [0.3, 0.4) is 0 Å². The minimum Gasteiger partial charge on any atom is -0.477 e. The van der Waals surface area contributed by atoms with E-state index >= 15 is 0 Å². The Kier molecular flexibility index (Phi) is 4.27. The molecule has 0 spiro atoms. The van der Waals surface area contributed by atoms with Gasteiger partial charge in [0.15, 0.2) is 0 Å². The Hall–Kier alpha value is -3.46. The number of hydrogen-bond donors (Lipinski definition) is 1. The van der Waals surface area contributed by atoms with Crippen LogP contribution in [0, 0.1) is 12.7 Å². The van der Waals surface area contributed by atoms with E-state index in [4.69, 9.17) is 0 Å². The SMILES string of the molecule is Cc1ccc(S(=O)(=O)n2c(C(=O)O)cc3c(F)cc(-c4ccn(C)n4)cc32)cc1. The van der Waals surface area contributed by atoms with Gasteiger partial charge in [0.2, 0.25) is 0 Å². The maximum absolute atomic E-state index is 14.8. The van der Waals surface area contributed by atoms with Gasteiger partial charge in [-0.3, -0.25) is 4.68 Å². The van der Waals surface area contributed by atoms with Crippen molar-refractivity contribution in [1.29, 1.82) is 0 Å². The van der Waals surface area contributed by atoms with Gasteiger partial charge in [0.25, 0.3) is 10.0 Å². The van der Waals surface area contributed by atoms with Crippen LogP contribution < -0.4 is 0 Å². The van der Waals surface area contributed by atoms with Crippen molar-refractivity contribution in [3.8, 4) is 11.3 Å². The number of nitrogens with zero attached hydrogens (tertiary/aromatic N) is 3.